The molecule has 2 unspecified atom stereocenters. The lowest BCUT2D eigenvalue weighted by Crippen LogP contribution is -2.33. The minimum absolute atomic E-state index is 0. The van der Waals surface area contributed by atoms with E-state index in [1.807, 2.05) is 6.07 Å². The van der Waals surface area contributed by atoms with Gasteiger partial charge in [-0.1, -0.05) is 18.2 Å². The minimum Gasteiger partial charge on any atom is -0.497 e. The Kier molecular flexibility index (Phi) is 5.50. The smallest absolute Gasteiger partial charge is 0.119 e. The Morgan fingerprint density at radius 3 is 3.05 bits per heavy atom. The Balaban J connectivity index is 0.00000161. The Morgan fingerprint density at radius 2 is 2.29 bits per heavy atom. The summed E-state index contributed by atoms with van der Waals surface area (Å²) < 4.78 is 5.42. The highest BCUT2D eigenvalue weighted by Gasteiger charge is 2.43. The zero-order chi connectivity index (χ0) is 14.0. The van der Waals surface area contributed by atoms with Gasteiger partial charge in [0.25, 0.3) is 0 Å². The van der Waals surface area contributed by atoms with Crippen molar-refractivity contribution >= 4 is 17.0 Å². The minimum atomic E-state index is 0. The Hall–Kier alpha value is -0.800. The van der Waals surface area contributed by atoms with E-state index >= 15 is 0 Å². The number of methoxy groups -OCH3 is 1. The van der Waals surface area contributed by atoms with Crippen molar-refractivity contribution in [2.45, 2.75) is 43.6 Å². The predicted molar refractivity (Wildman–Crippen MR) is 93.6 cm³/mol. The Bertz CT molecular complexity index is 490. The lowest BCUT2D eigenvalue weighted by atomic mass is 9.75. The van der Waals surface area contributed by atoms with Crippen LogP contribution in [0.1, 0.15) is 37.7 Å². The first-order valence-corrected chi connectivity index (χ1v) is 7.77. The number of nitrogens with zero attached hydrogens (tertiary/aromatic N) is 1. The van der Waals surface area contributed by atoms with E-state index in [9.17, 15) is 0 Å². The fraction of sp³-hybridized carbons (Fsp3) is 0.556. The Morgan fingerprint density at radius 1 is 1.43 bits per heavy atom. The maximum atomic E-state index is 5.42. The number of benzene rings is 1. The molecular weight excluding hydrogens is 326 g/mol. The normalized spacial score (nSPS) is 28.5. The molecule has 0 N–H and O–H groups in total. The fourth-order valence-corrected chi connectivity index (χ4v) is 4.21. The van der Waals surface area contributed by atoms with E-state index in [4.69, 9.17) is 4.74 Å². The van der Waals surface area contributed by atoms with Crippen LogP contribution in [-0.2, 0) is 5.41 Å². The van der Waals surface area contributed by atoms with Gasteiger partial charge in [0.05, 0.1) is 7.11 Å². The van der Waals surface area contributed by atoms with Crippen molar-refractivity contribution in [2.75, 3.05) is 20.2 Å². The summed E-state index contributed by atoms with van der Waals surface area (Å²) in [5, 5.41) is 0. The number of likely N-dealkylation sites (tertiary alicyclic amines) is 1. The van der Waals surface area contributed by atoms with Crippen LogP contribution in [0, 0.1) is 0 Å². The zero-order valence-electron chi connectivity index (χ0n) is 12.9. The summed E-state index contributed by atoms with van der Waals surface area (Å²) in [6.07, 6.45) is 8.60. The number of fused-ring (bicyclic) bond motifs is 2. The highest BCUT2D eigenvalue weighted by Crippen LogP contribution is 2.48. The molecule has 116 valence electrons. The first-order valence-electron chi connectivity index (χ1n) is 7.77. The lowest BCUT2D eigenvalue weighted by molar-refractivity contribution is 0.226. The number of ether oxygens (including phenoxy) is 1. The van der Waals surface area contributed by atoms with Crippen molar-refractivity contribution in [1.29, 1.82) is 0 Å². The van der Waals surface area contributed by atoms with E-state index in [1.165, 1.54) is 44.2 Å². The molecule has 1 aliphatic heterocycles. The van der Waals surface area contributed by atoms with Crippen molar-refractivity contribution in [3.8, 4) is 5.75 Å². The van der Waals surface area contributed by atoms with E-state index in [1.54, 1.807) is 7.11 Å². The lowest BCUT2D eigenvalue weighted by Gasteiger charge is -2.29. The summed E-state index contributed by atoms with van der Waals surface area (Å²) in [6.45, 7) is 6.17. The van der Waals surface area contributed by atoms with Crippen LogP contribution in [0.25, 0.3) is 0 Å². The maximum absolute atomic E-state index is 5.42. The van der Waals surface area contributed by atoms with Gasteiger partial charge in [-0.2, -0.15) is 0 Å². The molecular formula is C18H26BrNO. The molecule has 1 aromatic rings. The second-order valence-electron chi connectivity index (χ2n) is 6.30. The van der Waals surface area contributed by atoms with Gasteiger partial charge >= 0.3 is 0 Å². The fourth-order valence-electron chi connectivity index (χ4n) is 4.21. The molecule has 2 aliphatic rings. The quantitative estimate of drug-likeness (QED) is 0.748. The van der Waals surface area contributed by atoms with Crippen LogP contribution in [0.4, 0.5) is 0 Å². The van der Waals surface area contributed by atoms with Gasteiger partial charge < -0.3 is 4.74 Å². The summed E-state index contributed by atoms with van der Waals surface area (Å²) in [6, 6.07) is 9.48. The third kappa shape index (κ3) is 3.19. The summed E-state index contributed by atoms with van der Waals surface area (Å²) in [5.41, 5.74) is 1.87. The van der Waals surface area contributed by atoms with Gasteiger partial charge in [-0.15, -0.1) is 23.6 Å². The SMILES string of the molecule is Br.C=CCN1CCCC2(c3cccc(OC)c3)CCC1C2. The summed E-state index contributed by atoms with van der Waals surface area (Å²) in [7, 11) is 1.76. The highest BCUT2D eigenvalue weighted by atomic mass is 79.9. The van der Waals surface area contributed by atoms with E-state index in [0.717, 1.165) is 18.3 Å². The molecule has 1 aliphatic carbocycles. The molecule has 3 rings (SSSR count). The monoisotopic (exact) mass is 351 g/mol. The van der Waals surface area contributed by atoms with Gasteiger partial charge in [-0.25, -0.2) is 0 Å². The molecule has 1 heterocycles. The van der Waals surface area contributed by atoms with Gasteiger partial charge in [-0.3, -0.25) is 4.90 Å². The van der Waals surface area contributed by atoms with Crippen LogP contribution in [0.3, 0.4) is 0 Å². The second-order valence-corrected chi connectivity index (χ2v) is 6.30. The van der Waals surface area contributed by atoms with Crippen molar-refractivity contribution in [3.63, 3.8) is 0 Å². The second kappa shape index (κ2) is 6.97. The largest absolute Gasteiger partial charge is 0.497 e. The van der Waals surface area contributed by atoms with Crippen molar-refractivity contribution in [3.05, 3.63) is 42.5 Å². The van der Waals surface area contributed by atoms with Crippen LogP contribution in [-0.4, -0.2) is 31.1 Å². The average molecular weight is 352 g/mol. The van der Waals surface area contributed by atoms with E-state index in [0.29, 0.717) is 5.41 Å². The highest BCUT2D eigenvalue weighted by molar-refractivity contribution is 8.93. The molecule has 0 spiro atoms. The number of hydrogen-bond donors (Lipinski definition) is 0. The molecule has 2 bridgehead atoms. The van der Waals surface area contributed by atoms with Crippen LogP contribution in [0.15, 0.2) is 36.9 Å². The molecule has 21 heavy (non-hydrogen) atoms. The van der Waals surface area contributed by atoms with Crippen LogP contribution in [0.5, 0.6) is 5.75 Å². The number of hydrogen-bond acceptors (Lipinski definition) is 2. The van der Waals surface area contributed by atoms with Crippen molar-refractivity contribution < 1.29 is 4.74 Å². The molecule has 1 saturated carbocycles. The van der Waals surface area contributed by atoms with Gasteiger partial charge in [0.1, 0.15) is 5.75 Å². The van der Waals surface area contributed by atoms with E-state index < -0.39 is 0 Å². The van der Waals surface area contributed by atoms with Gasteiger partial charge in [0.2, 0.25) is 0 Å². The molecule has 1 saturated heterocycles. The van der Waals surface area contributed by atoms with Crippen molar-refractivity contribution in [1.82, 2.24) is 4.90 Å². The summed E-state index contributed by atoms with van der Waals surface area (Å²) >= 11 is 0. The molecule has 0 aromatic heterocycles. The standard InChI is InChI=1S/C18H25NO.BrH/c1-3-11-19-12-5-9-18(10-8-16(19)14-18)15-6-4-7-17(13-15)20-2;/h3-4,6-7,13,16H,1,5,8-12,14H2,2H3;1H. The van der Waals surface area contributed by atoms with E-state index in [2.05, 4.69) is 35.8 Å². The zero-order valence-corrected chi connectivity index (χ0v) is 14.6. The number of halogens is 1. The van der Waals surface area contributed by atoms with Crippen LogP contribution >= 0.6 is 17.0 Å². The first-order chi connectivity index (χ1) is 9.77. The summed E-state index contributed by atoms with van der Waals surface area (Å²) in [5.74, 6) is 0.993. The molecule has 1 aromatic carbocycles. The van der Waals surface area contributed by atoms with Crippen LogP contribution < -0.4 is 4.74 Å². The van der Waals surface area contributed by atoms with Gasteiger partial charge in [-0.05, 0) is 61.8 Å². The Labute approximate surface area is 138 Å². The first kappa shape index (κ1) is 16.6. The molecule has 2 nitrogen and oxygen atoms in total. The van der Waals surface area contributed by atoms with Gasteiger partial charge in [0.15, 0.2) is 0 Å². The number of rotatable bonds is 4. The third-order valence-electron chi connectivity index (χ3n) is 5.25. The van der Waals surface area contributed by atoms with E-state index in [-0.39, 0.29) is 17.0 Å². The molecule has 0 radical (unpaired) electrons. The average Bonchev–Trinajstić information content (AvgIpc) is 2.83. The molecule has 0 amide bonds. The summed E-state index contributed by atoms with van der Waals surface area (Å²) in [4.78, 5) is 2.63. The third-order valence-corrected chi connectivity index (χ3v) is 5.25. The predicted octanol–water partition coefficient (Wildman–Crippen LogP) is 4.35. The molecule has 2 fully saturated rings. The topological polar surface area (TPSA) is 12.5 Å². The van der Waals surface area contributed by atoms with Crippen LogP contribution in [0.2, 0.25) is 0 Å². The van der Waals surface area contributed by atoms with Gasteiger partial charge in [0, 0.05) is 12.6 Å². The molecule has 3 heteroatoms. The van der Waals surface area contributed by atoms with Crippen molar-refractivity contribution in [2.24, 2.45) is 0 Å². The maximum Gasteiger partial charge on any atom is 0.119 e. The molecule has 2 atom stereocenters.